The van der Waals surface area contributed by atoms with E-state index in [1.165, 1.54) is 127 Å². The molecule has 200 valence electrons. The topological polar surface area (TPSA) is 12.5 Å². The van der Waals surface area contributed by atoms with E-state index >= 15 is 0 Å². The van der Waals surface area contributed by atoms with Gasteiger partial charge in [0.2, 0.25) is 0 Å². The minimum Gasteiger partial charge on any atom is -0.304 e. The number of hydrogen-bond donors (Lipinski definition) is 0. The summed E-state index contributed by atoms with van der Waals surface area (Å²) in [6.07, 6.45) is 26.0. The van der Waals surface area contributed by atoms with Crippen LogP contribution in [0.2, 0.25) is 0 Å². The Kier molecular flexibility index (Phi) is 14.2. The standard InChI is InChI=1S/C32H55NOS/c1-4-5-6-7-8-9-10-12-27-14-18-29(19-15-27)31-22-24-32(25-23-31)30-20-16-28(17-21-30)13-11-26-33(2)35-34-3/h16-17,20-21,27,29,31-32H,4-15,18-19,22-26H2,1-3H3. The Hall–Kier alpha value is -0.510. The van der Waals surface area contributed by atoms with E-state index in [1.807, 2.05) is 0 Å². The van der Waals surface area contributed by atoms with Gasteiger partial charge in [0.25, 0.3) is 0 Å². The van der Waals surface area contributed by atoms with Gasteiger partial charge in [-0.3, -0.25) is 0 Å². The Labute approximate surface area is 222 Å². The number of benzene rings is 1. The van der Waals surface area contributed by atoms with Crippen molar-refractivity contribution in [1.82, 2.24) is 4.31 Å². The molecule has 0 aromatic heterocycles. The first kappa shape index (κ1) is 29.1. The van der Waals surface area contributed by atoms with Crippen LogP contribution in [0.1, 0.15) is 133 Å². The predicted molar refractivity (Wildman–Crippen MR) is 155 cm³/mol. The molecule has 0 N–H and O–H groups in total. The van der Waals surface area contributed by atoms with Gasteiger partial charge >= 0.3 is 0 Å². The van der Waals surface area contributed by atoms with Gasteiger partial charge in [0.15, 0.2) is 0 Å². The van der Waals surface area contributed by atoms with Crippen molar-refractivity contribution in [2.75, 3.05) is 20.7 Å². The van der Waals surface area contributed by atoms with Gasteiger partial charge in [-0.2, -0.15) is 0 Å². The van der Waals surface area contributed by atoms with Crippen molar-refractivity contribution in [2.45, 2.75) is 128 Å². The second-order valence-corrected chi connectivity index (χ2v) is 12.8. The maximum Gasteiger partial charge on any atom is 0.0813 e. The van der Waals surface area contributed by atoms with Crippen LogP contribution in [-0.4, -0.2) is 25.0 Å². The van der Waals surface area contributed by atoms with Crippen molar-refractivity contribution in [2.24, 2.45) is 17.8 Å². The molecule has 0 unspecified atom stereocenters. The molecule has 0 spiro atoms. The van der Waals surface area contributed by atoms with Crippen molar-refractivity contribution in [3.63, 3.8) is 0 Å². The van der Waals surface area contributed by atoms with Gasteiger partial charge in [0.1, 0.15) is 0 Å². The highest BCUT2D eigenvalue weighted by molar-refractivity contribution is 7.92. The van der Waals surface area contributed by atoms with Crippen molar-refractivity contribution >= 4 is 12.2 Å². The number of rotatable bonds is 16. The lowest BCUT2D eigenvalue weighted by Gasteiger charge is -2.38. The van der Waals surface area contributed by atoms with Crippen LogP contribution in [-0.2, 0) is 10.6 Å². The SMILES string of the molecule is CCCCCCCCCC1CCC(C2CCC(c3ccc(CCCN(C)SOC)cc3)CC2)CC1. The molecule has 3 heteroatoms. The smallest absolute Gasteiger partial charge is 0.0813 e. The molecule has 0 heterocycles. The third kappa shape index (κ3) is 10.8. The summed E-state index contributed by atoms with van der Waals surface area (Å²) < 4.78 is 7.28. The fourth-order valence-corrected chi connectivity index (χ4v) is 7.35. The maximum absolute atomic E-state index is 5.11. The molecule has 1 aromatic rings. The Bertz CT molecular complexity index is 646. The van der Waals surface area contributed by atoms with E-state index in [4.69, 9.17) is 4.18 Å². The third-order valence-corrected chi connectivity index (χ3v) is 9.72. The normalized spacial score (nSPS) is 25.3. The third-order valence-electron chi connectivity index (χ3n) is 9.14. The lowest BCUT2D eigenvalue weighted by molar-refractivity contribution is 0.155. The number of hydrogen-bond acceptors (Lipinski definition) is 3. The molecule has 2 aliphatic rings. The first-order valence-corrected chi connectivity index (χ1v) is 15.9. The molecular formula is C32H55NOS. The van der Waals surface area contributed by atoms with Crippen molar-refractivity contribution in [3.8, 4) is 0 Å². The molecule has 2 saturated carbocycles. The van der Waals surface area contributed by atoms with E-state index in [9.17, 15) is 0 Å². The molecule has 0 bridgehead atoms. The highest BCUT2D eigenvalue weighted by atomic mass is 32.2. The van der Waals surface area contributed by atoms with E-state index in [-0.39, 0.29) is 0 Å². The van der Waals surface area contributed by atoms with Crippen molar-refractivity contribution in [1.29, 1.82) is 0 Å². The molecule has 0 amide bonds. The minimum atomic E-state index is 0.804. The van der Waals surface area contributed by atoms with Gasteiger partial charge in [-0.25, -0.2) is 4.31 Å². The molecule has 0 saturated heterocycles. The second-order valence-electron chi connectivity index (χ2n) is 11.7. The van der Waals surface area contributed by atoms with Crippen molar-refractivity contribution in [3.05, 3.63) is 35.4 Å². The van der Waals surface area contributed by atoms with Gasteiger partial charge in [0, 0.05) is 6.54 Å². The number of aryl methyl sites for hydroxylation is 1. The fourth-order valence-electron chi connectivity index (χ4n) is 6.89. The lowest BCUT2D eigenvalue weighted by atomic mass is 9.68. The molecule has 2 nitrogen and oxygen atoms in total. The van der Waals surface area contributed by atoms with Crippen LogP contribution in [0.15, 0.2) is 24.3 Å². The highest BCUT2D eigenvalue weighted by Gasteiger charge is 2.31. The summed E-state index contributed by atoms with van der Waals surface area (Å²) in [4.78, 5) is 0. The van der Waals surface area contributed by atoms with Crippen LogP contribution in [0.3, 0.4) is 0 Å². The maximum atomic E-state index is 5.11. The molecule has 0 radical (unpaired) electrons. The van der Waals surface area contributed by atoms with Crippen LogP contribution < -0.4 is 0 Å². The summed E-state index contributed by atoms with van der Waals surface area (Å²) in [6.45, 7) is 3.37. The lowest BCUT2D eigenvalue weighted by Crippen LogP contribution is -2.25. The van der Waals surface area contributed by atoms with Gasteiger partial charge in [-0.05, 0) is 93.2 Å². The zero-order valence-electron chi connectivity index (χ0n) is 23.3. The van der Waals surface area contributed by atoms with Gasteiger partial charge < -0.3 is 4.18 Å². The van der Waals surface area contributed by atoms with Gasteiger partial charge in [-0.15, -0.1) is 0 Å². The van der Waals surface area contributed by atoms with E-state index < -0.39 is 0 Å². The largest absolute Gasteiger partial charge is 0.304 e. The van der Waals surface area contributed by atoms with Gasteiger partial charge in [-0.1, -0.05) is 95.4 Å². The summed E-state index contributed by atoms with van der Waals surface area (Å²) in [5.74, 6) is 3.92. The Morgan fingerprint density at radius 3 is 2.00 bits per heavy atom. The molecule has 1 aromatic carbocycles. The predicted octanol–water partition coefficient (Wildman–Crippen LogP) is 9.98. The zero-order valence-corrected chi connectivity index (χ0v) is 24.1. The zero-order chi connectivity index (χ0) is 24.7. The van der Waals surface area contributed by atoms with Crippen molar-refractivity contribution < 1.29 is 4.18 Å². The quantitative estimate of drug-likeness (QED) is 0.127. The van der Waals surface area contributed by atoms with Crippen LogP contribution >= 0.6 is 12.2 Å². The first-order valence-electron chi connectivity index (χ1n) is 15.2. The average Bonchev–Trinajstić information content (AvgIpc) is 2.89. The Morgan fingerprint density at radius 1 is 0.771 bits per heavy atom. The van der Waals surface area contributed by atoms with E-state index in [0.717, 1.165) is 36.6 Å². The summed E-state index contributed by atoms with van der Waals surface area (Å²) in [5.41, 5.74) is 3.07. The van der Waals surface area contributed by atoms with Crippen LogP contribution in [0.25, 0.3) is 0 Å². The van der Waals surface area contributed by atoms with Gasteiger partial charge in [0.05, 0.1) is 19.3 Å². The van der Waals surface area contributed by atoms with Crippen LogP contribution in [0.4, 0.5) is 0 Å². The molecule has 2 aliphatic carbocycles. The van der Waals surface area contributed by atoms with E-state index in [0.29, 0.717) is 0 Å². The number of unbranched alkanes of at least 4 members (excludes halogenated alkanes) is 6. The number of nitrogens with zero attached hydrogens (tertiary/aromatic N) is 1. The Morgan fingerprint density at radius 2 is 1.37 bits per heavy atom. The van der Waals surface area contributed by atoms with E-state index in [2.05, 4.69) is 42.5 Å². The van der Waals surface area contributed by atoms with Crippen LogP contribution in [0.5, 0.6) is 0 Å². The molecule has 0 atom stereocenters. The monoisotopic (exact) mass is 501 g/mol. The first-order chi connectivity index (χ1) is 17.2. The minimum absolute atomic E-state index is 0.804. The molecule has 2 fully saturated rings. The highest BCUT2D eigenvalue weighted by Crippen LogP contribution is 2.44. The van der Waals surface area contributed by atoms with Crippen LogP contribution in [0, 0.1) is 17.8 Å². The molecule has 0 aliphatic heterocycles. The summed E-state index contributed by atoms with van der Waals surface area (Å²) >= 11 is 1.44. The summed E-state index contributed by atoms with van der Waals surface area (Å²) in [6, 6.07) is 9.64. The average molecular weight is 502 g/mol. The van der Waals surface area contributed by atoms with E-state index in [1.54, 1.807) is 12.7 Å². The Balaban J connectivity index is 1.28. The molecule has 35 heavy (non-hydrogen) atoms. The fraction of sp³-hybridized carbons (Fsp3) is 0.812. The second kappa shape index (κ2) is 17.1. The molecular weight excluding hydrogens is 446 g/mol. The summed E-state index contributed by atoms with van der Waals surface area (Å²) in [5, 5.41) is 0. The summed E-state index contributed by atoms with van der Waals surface area (Å²) in [7, 11) is 3.83. The molecule has 3 rings (SSSR count).